The Labute approximate surface area is 223 Å². The first-order valence-corrected chi connectivity index (χ1v) is 16.0. The van der Waals surface area contributed by atoms with Crippen molar-refractivity contribution in [2.24, 2.45) is 0 Å². The summed E-state index contributed by atoms with van der Waals surface area (Å²) in [4.78, 5) is 27.2. The molecule has 0 saturated heterocycles. The third-order valence-electron chi connectivity index (χ3n) is 6.46. The Kier molecular flexibility index (Phi) is 6.70. The van der Waals surface area contributed by atoms with Gasteiger partial charge in [0.1, 0.15) is 35.6 Å². The van der Waals surface area contributed by atoms with E-state index in [1.54, 1.807) is 13.8 Å². The van der Waals surface area contributed by atoms with E-state index in [1.165, 1.54) is 15.6 Å². The van der Waals surface area contributed by atoms with Crippen molar-refractivity contribution in [3.8, 4) is 11.5 Å². The van der Waals surface area contributed by atoms with Gasteiger partial charge in [-0.2, -0.15) is 5.10 Å². The molecule has 0 radical (unpaired) electrons. The highest BCUT2D eigenvalue weighted by atomic mass is 28.3. The normalized spacial score (nSPS) is 14.9. The number of carbonyl (C=O) groups excluding carboxylic acids is 1. The van der Waals surface area contributed by atoms with Crippen LogP contribution in [-0.4, -0.2) is 62.2 Å². The topological polar surface area (TPSA) is 112 Å². The van der Waals surface area contributed by atoms with Crippen molar-refractivity contribution in [1.82, 2.24) is 34.9 Å². The molecule has 4 aromatic rings. The molecule has 1 aliphatic heterocycles. The minimum Gasteiger partial charge on any atom is -0.361 e. The fourth-order valence-electron chi connectivity index (χ4n) is 4.21. The molecule has 0 fully saturated rings. The molecule has 204 valence electrons. The lowest BCUT2D eigenvalue weighted by Gasteiger charge is -2.20. The van der Waals surface area contributed by atoms with Crippen LogP contribution < -0.4 is 4.90 Å². The molecule has 0 atom stereocenters. The van der Waals surface area contributed by atoms with Crippen molar-refractivity contribution in [3.63, 3.8) is 0 Å². The summed E-state index contributed by atoms with van der Waals surface area (Å²) in [7, 11) is -1.33. The van der Waals surface area contributed by atoms with Crippen LogP contribution in [0.3, 0.4) is 0 Å². The van der Waals surface area contributed by atoms with E-state index in [4.69, 9.17) is 4.74 Å². The minimum absolute atomic E-state index is 0.00123. The third-order valence-corrected chi connectivity index (χ3v) is 8.17. The van der Waals surface area contributed by atoms with E-state index in [9.17, 15) is 18.0 Å². The average molecular weight is 557 g/mol. The first-order chi connectivity index (χ1) is 18.3. The Morgan fingerprint density at radius 1 is 1.03 bits per heavy atom. The van der Waals surface area contributed by atoms with Gasteiger partial charge in [-0.1, -0.05) is 19.6 Å². The maximum atomic E-state index is 14.3. The summed E-state index contributed by atoms with van der Waals surface area (Å²) in [5.74, 6) is -2.23. The number of aromatic nitrogens is 7. The lowest BCUT2D eigenvalue weighted by molar-refractivity contribution is -0.123. The van der Waals surface area contributed by atoms with Crippen LogP contribution in [0.2, 0.25) is 25.7 Å². The van der Waals surface area contributed by atoms with Crippen molar-refractivity contribution in [3.05, 3.63) is 53.4 Å². The Morgan fingerprint density at radius 3 is 2.46 bits per heavy atom. The maximum absolute atomic E-state index is 14.3. The van der Waals surface area contributed by atoms with E-state index in [2.05, 4.69) is 49.9 Å². The standard InChI is InChI=1S/C25H27F3N8O2Si/c1-25(2)20-23(35(24(25)37)13-38-6-7-39(3,4)5)31-21(33-32-20)19-16-8-14(26)11-30-22(16)36(34-19)12-18-17(28)9-15(27)10-29-18/h8-11H,6-7,12-13H2,1-5H3. The minimum atomic E-state index is -1.33. The summed E-state index contributed by atoms with van der Waals surface area (Å²) >= 11 is 0. The second kappa shape index (κ2) is 9.75. The zero-order chi connectivity index (χ0) is 28.1. The van der Waals surface area contributed by atoms with E-state index in [-0.39, 0.29) is 53.2 Å². The van der Waals surface area contributed by atoms with E-state index in [0.29, 0.717) is 18.4 Å². The molecular formula is C25H27F3N8O2Si. The molecule has 0 spiro atoms. The monoisotopic (exact) mass is 556 g/mol. The summed E-state index contributed by atoms with van der Waals surface area (Å²) in [6, 6.07) is 2.86. The first-order valence-electron chi connectivity index (χ1n) is 12.3. The fraction of sp³-hybridized carbons (Fsp3) is 0.400. The van der Waals surface area contributed by atoms with Crippen LogP contribution in [0.4, 0.5) is 19.0 Å². The number of pyridine rings is 2. The molecule has 0 bridgehead atoms. The summed E-state index contributed by atoms with van der Waals surface area (Å²) < 4.78 is 49.0. The number of fused-ring (bicyclic) bond motifs is 2. The van der Waals surface area contributed by atoms with E-state index in [0.717, 1.165) is 18.4 Å². The van der Waals surface area contributed by atoms with Crippen LogP contribution in [0.25, 0.3) is 22.6 Å². The zero-order valence-electron chi connectivity index (χ0n) is 22.2. The van der Waals surface area contributed by atoms with Crippen molar-refractivity contribution < 1.29 is 22.7 Å². The molecule has 0 aromatic carbocycles. The van der Waals surface area contributed by atoms with Crippen molar-refractivity contribution in [1.29, 1.82) is 0 Å². The first kappa shape index (κ1) is 26.8. The molecule has 5 rings (SSSR count). The van der Waals surface area contributed by atoms with Gasteiger partial charge < -0.3 is 4.74 Å². The highest BCUT2D eigenvalue weighted by Crippen LogP contribution is 2.39. The number of hydrogen-bond acceptors (Lipinski definition) is 8. The second-order valence-electron chi connectivity index (χ2n) is 11.1. The van der Waals surface area contributed by atoms with Crippen LogP contribution in [0.1, 0.15) is 25.2 Å². The molecule has 1 aliphatic rings. The second-order valence-corrected chi connectivity index (χ2v) is 16.7. The molecule has 10 nitrogen and oxygen atoms in total. The molecule has 4 aromatic heterocycles. The summed E-state index contributed by atoms with van der Waals surface area (Å²) in [6.07, 6.45) is 1.89. The highest BCUT2D eigenvalue weighted by Gasteiger charge is 2.47. The number of carbonyl (C=O) groups is 1. The Morgan fingerprint density at radius 2 is 1.74 bits per heavy atom. The molecule has 5 heterocycles. The van der Waals surface area contributed by atoms with Gasteiger partial charge in [0, 0.05) is 20.7 Å². The number of hydrogen-bond donors (Lipinski definition) is 0. The number of amides is 1. The van der Waals surface area contributed by atoms with E-state index in [1.807, 2.05) is 0 Å². The SMILES string of the molecule is CC1(C)C(=O)N(COCC[Si](C)(C)C)c2nc(-c3nn(Cc4ncc(F)cc4F)c4ncc(F)cc34)nnc21. The molecule has 0 aliphatic carbocycles. The van der Waals surface area contributed by atoms with Crippen molar-refractivity contribution >= 4 is 30.8 Å². The third kappa shape index (κ3) is 5.13. The molecule has 1 amide bonds. The van der Waals surface area contributed by atoms with Crippen molar-refractivity contribution in [2.75, 3.05) is 18.2 Å². The number of nitrogens with zero attached hydrogens (tertiary/aromatic N) is 8. The largest absolute Gasteiger partial charge is 0.361 e. The molecule has 0 unspecified atom stereocenters. The number of halogens is 3. The van der Waals surface area contributed by atoms with Gasteiger partial charge in [0.2, 0.25) is 11.7 Å². The predicted molar refractivity (Wildman–Crippen MR) is 139 cm³/mol. The Bertz CT molecular complexity index is 1590. The highest BCUT2D eigenvalue weighted by molar-refractivity contribution is 6.76. The van der Waals surface area contributed by atoms with Gasteiger partial charge in [0.25, 0.3) is 0 Å². The van der Waals surface area contributed by atoms with E-state index < -0.39 is 30.9 Å². The Balaban J connectivity index is 1.54. The predicted octanol–water partition coefficient (Wildman–Crippen LogP) is 4.08. The van der Waals surface area contributed by atoms with Crippen LogP contribution >= 0.6 is 0 Å². The maximum Gasteiger partial charge on any atom is 0.242 e. The molecule has 0 N–H and O–H groups in total. The van der Waals surface area contributed by atoms with Crippen LogP contribution in [-0.2, 0) is 21.5 Å². The Hall–Kier alpha value is -3.78. The molecule has 14 heteroatoms. The number of rotatable bonds is 8. The van der Waals surface area contributed by atoms with Crippen molar-refractivity contribution in [2.45, 2.75) is 51.5 Å². The molecule has 39 heavy (non-hydrogen) atoms. The van der Waals surface area contributed by atoms with Gasteiger partial charge in [-0.05, 0) is 26.0 Å². The van der Waals surface area contributed by atoms with Crippen LogP contribution in [0, 0.1) is 17.5 Å². The summed E-state index contributed by atoms with van der Waals surface area (Å²) in [5, 5.41) is 13.2. The summed E-state index contributed by atoms with van der Waals surface area (Å²) in [6.45, 7) is 10.5. The van der Waals surface area contributed by atoms with Gasteiger partial charge >= 0.3 is 0 Å². The van der Waals surface area contributed by atoms with Gasteiger partial charge in [-0.25, -0.2) is 27.8 Å². The molecular weight excluding hydrogens is 529 g/mol. The summed E-state index contributed by atoms with van der Waals surface area (Å²) in [5.41, 5.74) is -0.330. The fourth-order valence-corrected chi connectivity index (χ4v) is 4.97. The average Bonchev–Trinajstić information content (AvgIpc) is 3.30. The van der Waals surface area contributed by atoms with Gasteiger partial charge in [0.05, 0.1) is 35.4 Å². The van der Waals surface area contributed by atoms with Crippen LogP contribution in [0.15, 0.2) is 24.5 Å². The lowest BCUT2D eigenvalue weighted by atomic mass is 9.91. The smallest absolute Gasteiger partial charge is 0.242 e. The number of ether oxygens (including phenoxy) is 1. The van der Waals surface area contributed by atoms with Crippen LogP contribution in [0.5, 0.6) is 0 Å². The zero-order valence-corrected chi connectivity index (χ0v) is 23.2. The molecule has 0 saturated carbocycles. The lowest BCUT2D eigenvalue weighted by Crippen LogP contribution is -2.38. The van der Waals surface area contributed by atoms with Gasteiger partial charge in [-0.15, -0.1) is 10.2 Å². The number of anilines is 1. The van der Waals surface area contributed by atoms with Gasteiger partial charge in [-0.3, -0.25) is 14.7 Å². The van der Waals surface area contributed by atoms with Gasteiger partial charge in [0.15, 0.2) is 11.5 Å². The quantitative estimate of drug-likeness (QED) is 0.236. The van der Waals surface area contributed by atoms with E-state index >= 15 is 0 Å².